The van der Waals surface area contributed by atoms with Gasteiger partial charge in [0.05, 0.1) is 15.9 Å². The number of phenolic OH excluding ortho intramolecular Hbond substituents is 1. The highest BCUT2D eigenvalue weighted by Gasteiger charge is 2.17. The van der Waals surface area contributed by atoms with Gasteiger partial charge in [-0.3, -0.25) is 0 Å². The molecule has 3 aromatic rings. The molecule has 0 bridgehead atoms. The van der Waals surface area contributed by atoms with Gasteiger partial charge in [0.25, 0.3) is 0 Å². The molecule has 0 amide bonds. The van der Waals surface area contributed by atoms with Gasteiger partial charge in [-0.15, -0.1) is 11.3 Å². The second-order valence-electron chi connectivity index (χ2n) is 6.76. The number of hydrogen-bond acceptors (Lipinski definition) is 4. The summed E-state index contributed by atoms with van der Waals surface area (Å²) in [4.78, 5) is 4.72. The van der Waals surface area contributed by atoms with E-state index in [2.05, 4.69) is 16.7 Å². The normalized spacial score (nSPS) is 14.7. The Labute approximate surface area is 162 Å². The minimum Gasteiger partial charge on any atom is -0.505 e. The minimum atomic E-state index is 0.227. The molecule has 1 heterocycles. The van der Waals surface area contributed by atoms with Gasteiger partial charge in [-0.05, 0) is 61.8 Å². The Balaban J connectivity index is 1.61. The van der Waals surface area contributed by atoms with Crippen LogP contribution in [0.3, 0.4) is 0 Å². The fourth-order valence-corrected chi connectivity index (χ4v) is 4.64. The van der Waals surface area contributed by atoms with E-state index in [-0.39, 0.29) is 5.75 Å². The molecule has 1 fully saturated rings. The summed E-state index contributed by atoms with van der Waals surface area (Å²) in [6.45, 7) is 1.89. The SMILES string of the molecule is Cc1cc(-c2nc3ccccc3s2)cc(NC(=S)NC2CCCC2)c1O. The van der Waals surface area contributed by atoms with Gasteiger partial charge in [-0.1, -0.05) is 25.0 Å². The molecule has 0 atom stereocenters. The molecule has 6 heteroatoms. The lowest BCUT2D eigenvalue weighted by Gasteiger charge is -2.17. The molecule has 1 aliphatic rings. The van der Waals surface area contributed by atoms with E-state index in [1.807, 2.05) is 37.3 Å². The maximum atomic E-state index is 10.5. The summed E-state index contributed by atoms with van der Waals surface area (Å²) in [6, 6.07) is 12.4. The fourth-order valence-electron chi connectivity index (χ4n) is 3.41. The first-order valence-electron chi connectivity index (χ1n) is 8.87. The number of fused-ring (bicyclic) bond motifs is 1. The Morgan fingerprint density at radius 3 is 2.77 bits per heavy atom. The van der Waals surface area contributed by atoms with Crippen molar-refractivity contribution < 1.29 is 5.11 Å². The zero-order valence-corrected chi connectivity index (χ0v) is 16.2. The number of thiazole rings is 1. The average Bonchev–Trinajstić information content (AvgIpc) is 3.27. The Hall–Kier alpha value is -2.18. The summed E-state index contributed by atoms with van der Waals surface area (Å²) in [5, 5.41) is 18.5. The Morgan fingerprint density at radius 2 is 2.00 bits per heavy atom. The number of benzene rings is 2. The molecule has 0 unspecified atom stereocenters. The number of para-hydroxylation sites is 1. The number of aromatic nitrogens is 1. The summed E-state index contributed by atoms with van der Waals surface area (Å²) in [5.41, 5.74) is 3.39. The summed E-state index contributed by atoms with van der Waals surface area (Å²) in [7, 11) is 0. The predicted octanol–water partition coefficient (Wildman–Crippen LogP) is 5.21. The van der Waals surface area contributed by atoms with Gasteiger partial charge in [0.15, 0.2) is 5.11 Å². The van der Waals surface area contributed by atoms with Gasteiger partial charge < -0.3 is 15.7 Å². The van der Waals surface area contributed by atoms with Crippen molar-refractivity contribution in [3.05, 3.63) is 42.0 Å². The molecule has 4 rings (SSSR count). The van der Waals surface area contributed by atoms with Gasteiger partial charge >= 0.3 is 0 Å². The standard InChI is InChI=1S/C20H21N3OS2/c1-12-10-13(19-22-15-8-4-5-9-17(15)26-19)11-16(18(12)24)23-20(25)21-14-6-2-3-7-14/h4-5,8-11,14,24H,2-3,6-7H2,1H3,(H2,21,23,25). The number of aryl methyl sites for hydroxylation is 1. The van der Waals surface area contributed by atoms with Crippen LogP contribution in [0.1, 0.15) is 31.2 Å². The van der Waals surface area contributed by atoms with Crippen molar-refractivity contribution in [2.75, 3.05) is 5.32 Å². The van der Waals surface area contributed by atoms with Gasteiger partial charge in [-0.2, -0.15) is 0 Å². The van der Waals surface area contributed by atoms with Crippen LogP contribution < -0.4 is 10.6 Å². The van der Waals surface area contributed by atoms with Gasteiger partial charge in [0.2, 0.25) is 0 Å². The quantitative estimate of drug-likeness (QED) is 0.428. The lowest BCUT2D eigenvalue weighted by Crippen LogP contribution is -2.35. The van der Waals surface area contributed by atoms with Crippen molar-refractivity contribution in [3.63, 3.8) is 0 Å². The van der Waals surface area contributed by atoms with Crippen molar-refractivity contribution in [2.24, 2.45) is 0 Å². The number of nitrogens with one attached hydrogen (secondary N) is 2. The summed E-state index contributed by atoms with van der Waals surface area (Å²) >= 11 is 7.09. The number of aromatic hydroxyl groups is 1. The first-order chi connectivity index (χ1) is 12.6. The average molecular weight is 384 g/mol. The van der Waals surface area contributed by atoms with Crippen LogP contribution in [0.4, 0.5) is 5.69 Å². The number of thiocarbonyl (C=S) groups is 1. The molecule has 0 saturated heterocycles. The van der Waals surface area contributed by atoms with Crippen LogP contribution in [-0.2, 0) is 0 Å². The van der Waals surface area contributed by atoms with Gasteiger partial charge in [-0.25, -0.2) is 4.98 Å². The molecule has 1 aromatic heterocycles. The summed E-state index contributed by atoms with van der Waals surface area (Å²) < 4.78 is 1.15. The highest BCUT2D eigenvalue weighted by atomic mass is 32.1. The smallest absolute Gasteiger partial charge is 0.171 e. The second kappa shape index (κ2) is 7.21. The van der Waals surface area contributed by atoms with Crippen molar-refractivity contribution in [1.82, 2.24) is 10.3 Å². The van der Waals surface area contributed by atoms with Crippen LogP contribution in [0.2, 0.25) is 0 Å². The highest BCUT2D eigenvalue weighted by molar-refractivity contribution is 7.80. The fraction of sp³-hybridized carbons (Fsp3) is 0.300. The first-order valence-corrected chi connectivity index (χ1v) is 10.1. The summed E-state index contributed by atoms with van der Waals surface area (Å²) in [5.74, 6) is 0.227. The molecule has 1 aliphatic carbocycles. The molecular formula is C20H21N3OS2. The van der Waals surface area contributed by atoms with Crippen LogP contribution in [-0.4, -0.2) is 21.2 Å². The monoisotopic (exact) mass is 383 g/mol. The number of hydrogen-bond donors (Lipinski definition) is 3. The molecular weight excluding hydrogens is 362 g/mol. The Morgan fingerprint density at radius 1 is 1.23 bits per heavy atom. The van der Waals surface area contributed by atoms with E-state index in [0.29, 0.717) is 16.8 Å². The predicted molar refractivity (Wildman–Crippen MR) is 113 cm³/mol. The van der Waals surface area contributed by atoms with E-state index in [4.69, 9.17) is 17.2 Å². The molecule has 2 aromatic carbocycles. The topological polar surface area (TPSA) is 57.2 Å². The first kappa shape index (κ1) is 17.2. The lowest BCUT2D eigenvalue weighted by atomic mass is 10.1. The van der Waals surface area contributed by atoms with Crippen molar-refractivity contribution in [2.45, 2.75) is 38.6 Å². The molecule has 0 radical (unpaired) electrons. The maximum absolute atomic E-state index is 10.5. The molecule has 26 heavy (non-hydrogen) atoms. The molecule has 1 saturated carbocycles. The Bertz CT molecular complexity index is 928. The number of nitrogens with zero attached hydrogens (tertiary/aromatic N) is 1. The second-order valence-corrected chi connectivity index (χ2v) is 8.19. The van der Waals surface area contributed by atoms with E-state index in [9.17, 15) is 5.11 Å². The number of phenols is 1. The summed E-state index contributed by atoms with van der Waals surface area (Å²) in [6.07, 6.45) is 4.80. The highest BCUT2D eigenvalue weighted by Crippen LogP contribution is 2.36. The lowest BCUT2D eigenvalue weighted by molar-refractivity contribution is 0.473. The number of rotatable bonds is 3. The van der Waals surface area contributed by atoms with E-state index in [0.717, 1.165) is 39.2 Å². The molecule has 134 valence electrons. The molecule has 0 aliphatic heterocycles. The largest absolute Gasteiger partial charge is 0.505 e. The maximum Gasteiger partial charge on any atom is 0.171 e. The van der Waals surface area contributed by atoms with Gasteiger partial charge in [0.1, 0.15) is 10.8 Å². The van der Waals surface area contributed by atoms with E-state index >= 15 is 0 Å². The van der Waals surface area contributed by atoms with Crippen molar-refractivity contribution >= 4 is 44.6 Å². The van der Waals surface area contributed by atoms with E-state index < -0.39 is 0 Å². The molecule has 4 nitrogen and oxygen atoms in total. The van der Waals surface area contributed by atoms with Crippen LogP contribution in [0.15, 0.2) is 36.4 Å². The van der Waals surface area contributed by atoms with Crippen LogP contribution in [0, 0.1) is 6.92 Å². The third kappa shape index (κ3) is 3.52. The zero-order chi connectivity index (χ0) is 18.1. The van der Waals surface area contributed by atoms with Crippen LogP contribution in [0.25, 0.3) is 20.8 Å². The van der Waals surface area contributed by atoms with E-state index in [1.165, 1.54) is 12.8 Å². The van der Waals surface area contributed by atoms with Crippen molar-refractivity contribution in [1.29, 1.82) is 0 Å². The third-order valence-electron chi connectivity index (χ3n) is 4.78. The third-order valence-corrected chi connectivity index (χ3v) is 6.09. The molecule has 0 spiro atoms. The Kier molecular flexibility index (Phi) is 4.78. The number of anilines is 1. The molecule has 3 N–H and O–H groups in total. The van der Waals surface area contributed by atoms with Crippen molar-refractivity contribution in [3.8, 4) is 16.3 Å². The van der Waals surface area contributed by atoms with Crippen LogP contribution in [0.5, 0.6) is 5.75 Å². The zero-order valence-electron chi connectivity index (χ0n) is 14.6. The van der Waals surface area contributed by atoms with Gasteiger partial charge in [0, 0.05) is 11.6 Å². The van der Waals surface area contributed by atoms with E-state index in [1.54, 1.807) is 11.3 Å². The van der Waals surface area contributed by atoms with Crippen LogP contribution >= 0.6 is 23.6 Å². The minimum absolute atomic E-state index is 0.227.